The molecule has 0 unspecified atom stereocenters. The molecule has 1 saturated heterocycles. The van der Waals surface area contributed by atoms with Crippen molar-refractivity contribution in [2.24, 2.45) is 4.99 Å². The maximum atomic E-state index is 12.2. The van der Waals surface area contributed by atoms with E-state index in [1.54, 1.807) is 24.3 Å². The first-order valence-electron chi connectivity index (χ1n) is 9.01. The molecule has 4 rings (SSSR count). The Hall–Kier alpha value is -2.94. The Labute approximate surface area is 181 Å². The number of nitro benzene ring substituents is 1. The van der Waals surface area contributed by atoms with Gasteiger partial charge in [-0.1, -0.05) is 29.3 Å². The van der Waals surface area contributed by atoms with E-state index in [2.05, 4.69) is 4.99 Å². The number of hydrogen-bond donors (Lipinski definition) is 0. The van der Waals surface area contributed by atoms with Gasteiger partial charge in [-0.2, -0.15) is 0 Å². The Kier molecular flexibility index (Phi) is 5.72. The van der Waals surface area contributed by atoms with Crippen molar-refractivity contribution in [3.8, 4) is 0 Å². The number of morpholine rings is 1. The first-order chi connectivity index (χ1) is 14.4. The summed E-state index contributed by atoms with van der Waals surface area (Å²) in [6, 6.07) is 9.49. The smallest absolute Gasteiger partial charge is 0.363 e. The molecule has 2 heterocycles. The molecule has 0 atom stereocenters. The van der Waals surface area contributed by atoms with Crippen molar-refractivity contribution in [1.29, 1.82) is 0 Å². The van der Waals surface area contributed by atoms with Crippen LogP contribution in [0.2, 0.25) is 10.0 Å². The van der Waals surface area contributed by atoms with E-state index in [-0.39, 0.29) is 17.3 Å². The van der Waals surface area contributed by atoms with Crippen molar-refractivity contribution in [3.05, 3.63) is 73.4 Å². The third-order valence-corrected chi connectivity index (χ3v) is 5.18. The summed E-state index contributed by atoms with van der Waals surface area (Å²) in [7, 11) is 0. The van der Waals surface area contributed by atoms with E-state index in [0.717, 1.165) is 0 Å². The molecule has 2 aliphatic rings. The quantitative estimate of drug-likeness (QED) is 0.303. The van der Waals surface area contributed by atoms with E-state index in [1.807, 2.05) is 4.90 Å². The number of halogens is 2. The number of nitrogens with zero attached hydrogens (tertiary/aromatic N) is 3. The molecular weight excluding hydrogens is 433 g/mol. The van der Waals surface area contributed by atoms with E-state index in [4.69, 9.17) is 32.7 Å². The molecule has 8 nitrogen and oxygen atoms in total. The molecule has 2 aromatic rings. The summed E-state index contributed by atoms with van der Waals surface area (Å²) in [5.41, 5.74) is 1.35. The van der Waals surface area contributed by atoms with Gasteiger partial charge in [0.15, 0.2) is 5.70 Å². The maximum absolute atomic E-state index is 12.2. The van der Waals surface area contributed by atoms with Crippen LogP contribution in [0, 0.1) is 10.1 Å². The van der Waals surface area contributed by atoms with E-state index in [1.165, 1.54) is 18.2 Å². The SMILES string of the molecule is O=C1OC(c2ccc(Cl)cc2Cl)=N/C1=C\c1ccc(N2CCOCC2)c([N+](=O)[O-])c1. The number of rotatable bonds is 4. The molecular formula is C20H15Cl2N3O5. The highest BCUT2D eigenvalue weighted by molar-refractivity contribution is 6.37. The van der Waals surface area contributed by atoms with Crippen LogP contribution in [0.4, 0.5) is 11.4 Å². The van der Waals surface area contributed by atoms with Gasteiger partial charge in [-0.3, -0.25) is 10.1 Å². The van der Waals surface area contributed by atoms with Gasteiger partial charge in [0, 0.05) is 24.2 Å². The van der Waals surface area contributed by atoms with Crippen LogP contribution in [-0.4, -0.2) is 43.1 Å². The number of ether oxygens (including phenoxy) is 2. The summed E-state index contributed by atoms with van der Waals surface area (Å²) in [5, 5.41) is 12.3. The minimum absolute atomic E-state index is 0.0180. The van der Waals surface area contributed by atoms with Crippen LogP contribution in [-0.2, 0) is 14.3 Å². The third-order valence-electron chi connectivity index (χ3n) is 4.63. The van der Waals surface area contributed by atoms with E-state index in [9.17, 15) is 14.9 Å². The van der Waals surface area contributed by atoms with Gasteiger partial charge >= 0.3 is 5.97 Å². The molecule has 0 spiro atoms. The summed E-state index contributed by atoms with van der Waals surface area (Å²) in [6.07, 6.45) is 1.44. The summed E-state index contributed by atoms with van der Waals surface area (Å²) in [4.78, 5) is 29.5. The van der Waals surface area contributed by atoms with Crippen LogP contribution < -0.4 is 4.90 Å². The van der Waals surface area contributed by atoms with Crippen LogP contribution in [0.15, 0.2) is 47.1 Å². The molecule has 1 fully saturated rings. The van der Waals surface area contributed by atoms with Crippen molar-refractivity contribution in [2.75, 3.05) is 31.2 Å². The highest BCUT2D eigenvalue weighted by atomic mass is 35.5. The number of carbonyl (C=O) groups is 1. The van der Waals surface area contributed by atoms with Crippen molar-refractivity contribution < 1.29 is 19.2 Å². The fourth-order valence-corrected chi connectivity index (χ4v) is 3.68. The number of anilines is 1. The minimum atomic E-state index is -0.670. The Morgan fingerprint density at radius 3 is 2.60 bits per heavy atom. The third kappa shape index (κ3) is 4.16. The Balaban J connectivity index is 1.66. The van der Waals surface area contributed by atoms with E-state index in [0.29, 0.717) is 53.2 Å². The number of aliphatic imine (C=N–C) groups is 1. The molecule has 10 heteroatoms. The van der Waals surface area contributed by atoms with E-state index < -0.39 is 10.9 Å². The van der Waals surface area contributed by atoms with Gasteiger partial charge in [-0.25, -0.2) is 9.79 Å². The molecule has 0 amide bonds. The van der Waals surface area contributed by atoms with Crippen molar-refractivity contribution in [1.82, 2.24) is 0 Å². The topological polar surface area (TPSA) is 94.3 Å². The molecule has 0 radical (unpaired) electrons. The first kappa shape index (κ1) is 20.3. The standard InChI is InChI=1S/C20H15Cl2N3O5/c21-13-2-3-14(15(22)11-13)19-23-16(20(26)30-19)9-12-1-4-17(18(10-12)25(27)28)24-5-7-29-8-6-24/h1-4,9-11H,5-8H2/b16-9-. The van der Waals surface area contributed by atoms with Crippen LogP contribution >= 0.6 is 23.2 Å². The average Bonchev–Trinajstić information content (AvgIpc) is 3.08. The Bertz CT molecular complexity index is 1090. The van der Waals surface area contributed by atoms with Crippen LogP contribution in [0.1, 0.15) is 11.1 Å². The zero-order valence-corrected chi connectivity index (χ0v) is 17.0. The number of cyclic esters (lactones) is 1. The van der Waals surface area contributed by atoms with Crippen LogP contribution in [0.3, 0.4) is 0 Å². The highest BCUT2D eigenvalue weighted by Gasteiger charge is 2.27. The molecule has 0 saturated carbocycles. The number of esters is 1. The van der Waals surface area contributed by atoms with Crippen molar-refractivity contribution in [2.45, 2.75) is 0 Å². The lowest BCUT2D eigenvalue weighted by Crippen LogP contribution is -2.36. The zero-order chi connectivity index (χ0) is 21.3. The molecule has 0 N–H and O–H groups in total. The lowest BCUT2D eigenvalue weighted by Gasteiger charge is -2.28. The minimum Gasteiger partial charge on any atom is -0.402 e. The van der Waals surface area contributed by atoms with Gasteiger partial charge in [0.25, 0.3) is 5.69 Å². The van der Waals surface area contributed by atoms with Crippen LogP contribution in [0.25, 0.3) is 6.08 Å². The molecule has 0 aromatic heterocycles. The largest absolute Gasteiger partial charge is 0.402 e. The van der Waals surface area contributed by atoms with Gasteiger partial charge in [0.2, 0.25) is 5.90 Å². The maximum Gasteiger partial charge on any atom is 0.363 e. The first-order valence-corrected chi connectivity index (χ1v) is 9.77. The fraction of sp³-hybridized carbons (Fsp3) is 0.200. The molecule has 0 bridgehead atoms. The number of nitro groups is 1. The molecule has 2 aliphatic heterocycles. The fourth-order valence-electron chi connectivity index (χ4n) is 3.19. The zero-order valence-electron chi connectivity index (χ0n) is 15.5. The van der Waals surface area contributed by atoms with E-state index >= 15 is 0 Å². The lowest BCUT2D eigenvalue weighted by atomic mass is 10.1. The molecule has 2 aromatic carbocycles. The summed E-state index contributed by atoms with van der Waals surface area (Å²) >= 11 is 12.0. The lowest BCUT2D eigenvalue weighted by molar-refractivity contribution is -0.384. The normalized spacial score (nSPS) is 17.8. The van der Waals surface area contributed by atoms with Gasteiger partial charge < -0.3 is 14.4 Å². The summed E-state index contributed by atoms with van der Waals surface area (Å²) in [5.74, 6) is -0.622. The average molecular weight is 448 g/mol. The second kappa shape index (κ2) is 8.43. The highest BCUT2D eigenvalue weighted by Crippen LogP contribution is 2.32. The van der Waals surface area contributed by atoms with Gasteiger partial charge in [-0.15, -0.1) is 0 Å². The predicted octanol–water partition coefficient (Wildman–Crippen LogP) is 4.08. The number of hydrogen-bond acceptors (Lipinski definition) is 7. The van der Waals surface area contributed by atoms with Crippen molar-refractivity contribution in [3.63, 3.8) is 0 Å². The van der Waals surface area contributed by atoms with Crippen LogP contribution in [0.5, 0.6) is 0 Å². The van der Waals surface area contributed by atoms with Gasteiger partial charge in [0.1, 0.15) is 5.69 Å². The molecule has 30 heavy (non-hydrogen) atoms. The second-order valence-corrected chi connectivity index (χ2v) is 7.41. The number of carbonyl (C=O) groups excluding carboxylic acids is 1. The molecule has 154 valence electrons. The number of benzene rings is 2. The summed E-state index contributed by atoms with van der Waals surface area (Å²) in [6.45, 7) is 2.17. The summed E-state index contributed by atoms with van der Waals surface area (Å²) < 4.78 is 10.5. The predicted molar refractivity (Wildman–Crippen MR) is 113 cm³/mol. The van der Waals surface area contributed by atoms with Gasteiger partial charge in [0.05, 0.1) is 28.7 Å². The van der Waals surface area contributed by atoms with Gasteiger partial charge in [-0.05, 0) is 35.9 Å². The monoisotopic (exact) mass is 447 g/mol. The molecule has 0 aliphatic carbocycles. The Morgan fingerprint density at radius 1 is 1.13 bits per heavy atom. The Morgan fingerprint density at radius 2 is 1.90 bits per heavy atom. The second-order valence-electron chi connectivity index (χ2n) is 6.56. The van der Waals surface area contributed by atoms with Crippen molar-refractivity contribution >= 4 is 52.5 Å².